The lowest BCUT2D eigenvalue weighted by molar-refractivity contribution is 0.629. The van der Waals surface area contributed by atoms with Crippen LogP contribution in [0.4, 0.5) is 10.1 Å². The van der Waals surface area contributed by atoms with Crippen molar-refractivity contribution in [3.63, 3.8) is 0 Å². The summed E-state index contributed by atoms with van der Waals surface area (Å²) in [6.07, 6.45) is 0. The lowest BCUT2D eigenvalue weighted by atomic mass is 10.3. The highest BCUT2D eigenvalue weighted by Gasteiger charge is 2.04. The van der Waals surface area contributed by atoms with Gasteiger partial charge >= 0.3 is 0 Å². The van der Waals surface area contributed by atoms with Crippen LogP contribution in [0.3, 0.4) is 0 Å². The van der Waals surface area contributed by atoms with E-state index in [0.717, 1.165) is 0 Å². The average molecular weight is 178 g/mol. The van der Waals surface area contributed by atoms with Crippen LogP contribution in [-0.4, -0.2) is 0 Å². The van der Waals surface area contributed by atoms with Crippen LogP contribution in [0, 0.1) is 5.82 Å². The summed E-state index contributed by atoms with van der Waals surface area (Å²) >= 11 is 9.45. The first-order valence-electron chi connectivity index (χ1n) is 2.55. The van der Waals surface area contributed by atoms with Gasteiger partial charge in [-0.05, 0) is 12.1 Å². The highest BCUT2D eigenvalue weighted by atomic mass is 35.5. The normalized spacial score (nSPS) is 9.90. The van der Waals surface area contributed by atoms with Crippen LogP contribution in [0.1, 0.15) is 0 Å². The molecule has 0 aliphatic carbocycles. The maximum absolute atomic E-state index is 12.5. The third kappa shape index (κ3) is 1.20. The van der Waals surface area contributed by atoms with Gasteiger partial charge in [0.05, 0.1) is 10.7 Å². The molecule has 0 unspecified atom stereocenters. The number of nitrogen functional groups attached to an aromatic ring is 1. The zero-order valence-corrected chi connectivity index (χ0v) is 6.59. The Bertz CT molecular complexity index is 237. The molecule has 1 nitrogen and oxygen atoms in total. The van der Waals surface area contributed by atoms with E-state index in [4.69, 9.17) is 17.3 Å². The molecule has 0 spiro atoms. The van der Waals surface area contributed by atoms with Crippen LogP contribution in [0.25, 0.3) is 0 Å². The minimum atomic E-state index is -0.491. The Morgan fingerprint density at radius 2 is 2.10 bits per heavy atom. The smallest absolute Gasteiger partial charge is 0.147 e. The summed E-state index contributed by atoms with van der Waals surface area (Å²) < 4.78 is 12.5. The van der Waals surface area contributed by atoms with E-state index in [1.807, 2.05) is 0 Å². The largest absolute Gasteiger partial charge is 0.395 e. The minimum absolute atomic E-state index is 0.00386. The van der Waals surface area contributed by atoms with Gasteiger partial charge in [0.15, 0.2) is 0 Å². The molecule has 0 atom stereocenters. The fourth-order valence-electron chi connectivity index (χ4n) is 0.557. The number of halogens is 2. The summed E-state index contributed by atoms with van der Waals surface area (Å²) in [5, 5.41) is 0.363. The van der Waals surface area contributed by atoms with Crippen LogP contribution >= 0.6 is 24.2 Å². The predicted molar refractivity (Wildman–Crippen MR) is 43.1 cm³/mol. The van der Waals surface area contributed by atoms with Gasteiger partial charge in [-0.3, -0.25) is 0 Å². The second-order valence-corrected chi connectivity index (χ2v) is 2.65. The molecule has 10 heavy (non-hydrogen) atoms. The SMILES string of the molecule is Nc1c(F)ccc(Cl)c1S. The van der Waals surface area contributed by atoms with Crippen molar-refractivity contribution < 1.29 is 4.39 Å². The third-order valence-corrected chi connectivity index (χ3v) is 2.04. The number of thiol groups is 1. The molecule has 4 heteroatoms. The third-order valence-electron chi connectivity index (χ3n) is 1.11. The molecule has 1 aromatic rings. The number of hydrogen-bond donors (Lipinski definition) is 2. The van der Waals surface area contributed by atoms with Gasteiger partial charge in [-0.1, -0.05) is 11.6 Å². The Balaban J connectivity index is 3.34. The van der Waals surface area contributed by atoms with Crippen LogP contribution < -0.4 is 5.73 Å². The highest BCUT2D eigenvalue weighted by Crippen LogP contribution is 2.27. The lowest BCUT2D eigenvalue weighted by Crippen LogP contribution is -1.91. The molecule has 1 rings (SSSR count). The first-order valence-corrected chi connectivity index (χ1v) is 3.38. The maximum atomic E-state index is 12.5. The zero-order valence-electron chi connectivity index (χ0n) is 4.94. The first-order chi connectivity index (χ1) is 4.63. The van der Waals surface area contributed by atoms with Crippen molar-refractivity contribution in [1.29, 1.82) is 0 Å². The second kappa shape index (κ2) is 2.68. The van der Waals surface area contributed by atoms with E-state index < -0.39 is 5.82 Å². The monoisotopic (exact) mass is 177 g/mol. The maximum Gasteiger partial charge on any atom is 0.147 e. The van der Waals surface area contributed by atoms with Crippen molar-refractivity contribution in [1.82, 2.24) is 0 Å². The van der Waals surface area contributed by atoms with E-state index in [9.17, 15) is 4.39 Å². The Kier molecular flexibility index (Phi) is 2.06. The molecular weight excluding hydrogens is 173 g/mol. The molecule has 0 saturated heterocycles. The number of hydrogen-bond acceptors (Lipinski definition) is 2. The van der Waals surface area contributed by atoms with Crippen molar-refractivity contribution >= 4 is 29.9 Å². The van der Waals surface area contributed by atoms with Gasteiger partial charge in [-0.2, -0.15) is 0 Å². The molecule has 54 valence electrons. The predicted octanol–water partition coefficient (Wildman–Crippen LogP) is 2.35. The topological polar surface area (TPSA) is 26.0 Å². The summed E-state index contributed by atoms with van der Waals surface area (Å²) in [5.74, 6) is -0.491. The standard InChI is InChI=1S/C6H5ClFNS/c7-3-1-2-4(8)5(9)6(3)10/h1-2,10H,9H2. The molecule has 0 heterocycles. The van der Waals surface area contributed by atoms with Gasteiger partial charge in [-0.25, -0.2) is 4.39 Å². The molecule has 1 aromatic carbocycles. The molecule has 0 bridgehead atoms. The van der Waals surface area contributed by atoms with E-state index in [2.05, 4.69) is 12.6 Å². The number of nitrogens with two attached hydrogens (primary N) is 1. The summed E-state index contributed by atoms with van der Waals surface area (Å²) in [4.78, 5) is 0.293. The van der Waals surface area contributed by atoms with E-state index in [0.29, 0.717) is 9.92 Å². The summed E-state index contributed by atoms with van der Waals surface area (Å²) in [6.45, 7) is 0. The quantitative estimate of drug-likeness (QED) is 0.462. The van der Waals surface area contributed by atoms with Crippen LogP contribution in [-0.2, 0) is 0 Å². The Hall–Kier alpha value is -0.410. The van der Waals surface area contributed by atoms with Crippen molar-refractivity contribution in [3.8, 4) is 0 Å². The Morgan fingerprint density at radius 3 is 2.60 bits per heavy atom. The molecular formula is C6H5ClFNS. The van der Waals surface area contributed by atoms with Crippen molar-refractivity contribution in [2.24, 2.45) is 0 Å². The van der Waals surface area contributed by atoms with Gasteiger partial charge in [0.2, 0.25) is 0 Å². The van der Waals surface area contributed by atoms with Crippen LogP contribution in [0.5, 0.6) is 0 Å². The number of rotatable bonds is 0. The molecule has 2 N–H and O–H groups in total. The van der Waals surface area contributed by atoms with E-state index in [1.165, 1.54) is 12.1 Å². The van der Waals surface area contributed by atoms with Crippen LogP contribution in [0.15, 0.2) is 17.0 Å². The van der Waals surface area contributed by atoms with Crippen molar-refractivity contribution in [2.75, 3.05) is 5.73 Å². The fraction of sp³-hybridized carbons (Fsp3) is 0. The molecule has 0 amide bonds. The molecule has 0 aliphatic heterocycles. The van der Waals surface area contributed by atoms with Gasteiger partial charge in [0, 0.05) is 4.90 Å². The summed E-state index contributed by atoms with van der Waals surface area (Å²) in [6, 6.07) is 2.62. The Labute approximate surface area is 68.4 Å². The van der Waals surface area contributed by atoms with Crippen molar-refractivity contribution in [2.45, 2.75) is 4.90 Å². The van der Waals surface area contributed by atoms with E-state index >= 15 is 0 Å². The second-order valence-electron chi connectivity index (χ2n) is 1.79. The number of anilines is 1. The average Bonchev–Trinajstić information content (AvgIpc) is 1.93. The van der Waals surface area contributed by atoms with Gasteiger partial charge in [0.25, 0.3) is 0 Å². The molecule has 0 fully saturated rings. The zero-order chi connectivity index (χ0) is 7.72. The molecule has 0 aromatic heterocycles. The summed E-state index contributed by atoms with van der Waals surface area (Å²) in [5.41, 5.74) is 5.24. The van der Waals surface area contributed by atoms with Gasteiger partial charge in [0.1, 0.15) is 5.82 Å². The molecule has 0 aliphatic rings. The number of benzene rings is 1. The van der Waals surface area contributed by atoms with E-state index in [1.54, 1.807) is 0 Å². The first kappa shape index (κ1) is 7.69. The Morgan fingerprint density at radius 1 is 1.50 bits per heavy atom. The lowest BCUT2D eigenvalue weighted by Gasteiger charge is -2.00. The summed E-state index contributed by atoms with van der Waals surface area (Å²) in [7, 11) is 0. The molecule has 0 saturated carbocycles. The van der Waals surface area contributed by atoms with E-state index in [-0.39, 0.29) is 5.69 Å². The molecule has 0 radical (unpaired) electrons. The fourth-order valence-corrected chi connectivity index (χ4v) is 0.903. The van der Waals surface area contributed by atoms with Crippen molar-refractivity contribution in [3.05, 3.63) is 23.0 Å². The van der Waals surface area contributed by atoms with Gasteiger partial charge < -0.3 is 5.73 Å². The minimum Gasteiger partial charge on any atom is -0.395 e. The van der Waals surface area contributed by atoms with Gasteiger partial charge in [-0.15, -0.1) is 12.6 Å². The van der Waals surface area contributed by atoms with Crippen LogP contribution in [0.2, 0.25) is 5.02 Å². The highest BCUT2D eigenvalue weighted by molar-refractivity contribution is 7.80.